The Kier molecular flexibility index (Phi) is 9.98. The number of carbonyl (C=O) groups is 3. The molecule has 0 aromatic heterocycles. The fourth-order valence-electron chi connectivity index (χ4n) is 2.33. The Hall–Kier alpha value is -2.59. The maximum Gasteiger partial charge on any atom is 0.264 e. The SMILES string of the molecule is Cc1cc(Cl)ccc1OCC(=O)NC(=S)NNC(=O)CCC(=O)Nc1ccc(Cl)cc1Cl. The van der Waals surface area contributed by atoms with Crippen molar-refractivity contribution in [2.75, 3.05) is 11.9 Å². The molecule has 2 rings (SSSR count). The zero-order chi connectivity index (χ0) is 23.7. The van der Waals surface area contributed by atoms with Gasteiger partial charge in [-0.05, 0) is 61.1 Å². The van der Waals surface area contributed by atoms with Crippen molar-refractivity contribution >= 4 is 75.5 Å². The van der Waals surface area contributed by atoms with Gasteiger partial charge in [0.15, 0.2) is 11.7 Å². The number of aryl methyl sites for hydroxylation is 1. The highest BCUT2D eigenvalue weighted by molar-refractivity contribution is 7.80. The van der Waals surface area contributed by atoms with Crippen molar-refractivity contribution in [1.29, 1.82) is 0 Å². The summed E-state index contributed by atoms with van der Waals surface area (Å²) in [6, 6.07) is 9.64. The quantitative estimate of drug-likeness (QED) is 0.329. The lowest BCUT2D eigenvalue weighted by molar-refractivity contribution is -0.125. The maximum atomic E-state index is 12.0. The average molecular weight is 518 g/mol. The molecule has 2 aromatic rings. The van der Waals surface area contributed by atoms with Crippen LogP contribution in [0, 0.1) is 6.92 Å². The number of ether oxygens (including phenoxy) is 1. The highest BCUT2D eigenvalue weighted by atomic mass is 35.5. The molecule has 0 fully saturated rings. The molecule has 170 valence electrons. The summed E-state index contributed by atoms with van der Waals surface area (Å²) in [5.74, 6) is -0.929. The minimum Gasteiger partial charge on any atom is -0.483 e. The van der Waals surface area contributed by atoms with Gasteiger partial charge in [-0.2, -0.15) is 0 Å². The van der Waals surface area contributed by atoms with Gasteiger partial charge < -0.3 is 10.1 Å². The molecule has 0 spiro atoms. The number of halogens is 3. The first-order valence-corrected chi connectivity index (χ1v) is 10.7. The van der Waals surface area contributed by atoms with Crippen molar-refractivity contribution in [3.8, 4) is 5.75 Å². The molecule has 3 amide bonds. The van der Waals surface area contributed by atoms with Crippen LogP contribution >= 0.6 is 47.0 Å². The molecule has 4 N–H and O–H groups in total. The van der Waals surface area contributed by atoms with E-state index in [1.807, 2.05) is 0 Å². The summed E-state index contributed by atoms with van der Waals surface area (Å²) in [6.07, 6.45) is -0.223. The maximum absolute atomic E-state index is 12.0. The molecule has 0 aliphatic carbocycles. The van der Waals surface area contributed by atoms with E-state index in [4.69, 9.17) is 51.8 Å². The molecule has 0 bridgehead atoms. The summed E-state index contributed by atoms with van der Waals surface area (Å²) < 4.78 is 5.40. The topological polar surface area (TPSA) is 109 Å². The normalized spacial score (nSPS) is 10.1. The highest BCUT2D eigenvalue weighted by Gasteiger charge is 2.11. The Morgan fingerprint density at radius 1 is 0.906 bits per heavy atom. The van der Waals surface area contributed by atoms with E-state index >= 15 is 0 Å². The van der Waals surface area contributed by atoms with Gasteiger partial charge in [-0.3, -0.25) is 30.6 Å². The lowest BCUT2D eigenvalue weighted by atomic mass is 10.2. The van der Waals surface area contributed by atoms with Crippen molar-refractivity contribution in [3.05, 3.63) is 57.0 Å². The van der Waals surface area contributed by atoms with Crippen LogP contribution in [0.3, 0.4) is 0 Å². The van der Waals surface area contributed by atoms with Crippen LogP contribution in [0.4, 0.5) is 5.69 Å². The van der Waals surface area contributed by atoms with E-state index in [1.165, 1.54) is 6.07 Å². The van der Waals surface area contributed by atoms with Gasteiger partial charge in [-0.15, -0.1) is 0 Å². The molecule has 2 aromatic carbocycles. The highest BCUT2D eigenvalue weighted by Crippen LogP contribution is 2.25. The van der Waals surface area contributed by atoms with Gasteiger partial charge in [-0.1, -0.05) is 34.8 Å². The number of carbonyl (C=O) groups excluding carboxylic acids is 3. The second-order valence-corrected chi connectivity index (χ2v) is 8.11. The number of thiocarbonyl (C=S) groups is 1. The molecule has 0 saturated heterocycles. The van der Waals surface area contributed by atoms with Crippen molar-refractivity contribution < 1.29 is 19.1 Å². The molecule has 0 radical (unpaired) electrons. The third-order valence-electron chi connectivity index (χ3n) is 3.85. The second kappa shape index (κ2) is 12.4. The predicted molar refractivity (Wildman–Crippen MR) is 128 cm³/mol. The number of benzene rings is 2. The van der Waals surface area contributed by atoms with Crippen LogP contribution in [0.25, 0.3) is 0 Å². The smallest absolute Gasteiger partial charge is 0.264 e. The number of hydrazine groups is 1. The van der Waals surface area contributed by atoms with E-state index in [0.29, 0.717) is 21.5 Å². The molecule has 0 saturated carbocycles. The molecule has 0 heterocycles. The fourth-order valence-corrected chi connectivity index (χ4v) is 3.18. The van der Waals surface area contributed by atoms with Crippen LogP contribution in [0.1, 0.15) is 18.4 Å². The Morgan fingerprint density at radius 3 is 2.25 bits per heavy atom. The number of amides is 3. The molecule has 32 heavy (non-hydrogen) atoms. The van der Waals surface area contributed by atoms with Crippen molar-refractivity contribution in [2.24, 2.45) is 0 Å². The Labute approximate surface area is 204 Å². The molecule has 0 atom stereocenters. The first-order chi connectivity index (χ1) is 15.1. The summed E-state index contributed by atoms with van der Waals surface area (Å²) in [7, 11) is 0. The zero-order valence-electron chi connectivity index (χ0n) is 16.8. The second-order valence-electron chi connectivity index (χ2n) is 6.42. The van der Waals surface area contributed by atoms with E-state index < -0.39 is 17.7 Å². The predicted octanol–water partition coefficient (Wildman–Crippen LogP) is 3.77. The lowest BCUT2D eigenvalue weighted by Gasteiger charge is -2.12. The Balaban J connectivity index is 1.65. The Morgan fingerprint density at radius 2 is 1.56 bits per heavy atom. The van der Waals surface area contributed by atoms with E-state index in [2.05, 4.69) is 21.5 Å². The first-order valence-electron chi connectivity index (χ1n) is 9.16. The lowest BCUT2D eigenvalue weighted by Crippen LogP contribution is -2.49. The number of hydrogen-bond acceptors (Lipinski definition) is 5. The summed E-state index contributed by atoms with van der Waals surface area (Å²) in [5.41, 5.74) is 5.84. The standard InChI is InChI=1S/C20H19Cl3N4O4S/c1-11-8-12(21)3-5-16(11)31-10-19(30)25-20(32)27-26-18(29)7-6-17(28)24-15-4-2-13(22)9-14(15)23/h2-5,8-9H,6-7,10H2,1H3,(H,24,28)(H,26,29)(H2,25,27,30,32). The van der Waals surface area contributed by atoms with Crippen molar-refractivity contribution in [1.82, 2.24) is 16.2 Å². The molecular formula is C20H19Cl3N4O4S. The van der Waals surface area contributed by atoms with Gasteiger partial charge in [0.1, 0.15) is 5.75 Å². The zero-order valence-corrected chi connectivity index (χ0v) is 19.8. The monoisotopic (exact) mass is 516 g/mol. The van der Waals surface area contributed by atoms with Crippen LogP contribution in [0.15, 0.2) is 36.4 Å². The summed E-state index contributed by atoms with van der Waals surface area (Å²) >= 11 is 22.6. The van der Waals surface area contributed by atoms with E-state index in [1.54, 1.807) is 37.3 Å². The summed E-state index contributed by atoms with van der Waals surface area (Å²) in [4.78, 5) is 35.7. The van der Waals surface area contributed by atoms with Gasteiger partial charge >= 0.3 is 0 Å². The molecule has 0 unspecified atom stereocenters. The summed E-state index contributed by atoms with van der Waals surface area (Å²) in [5, 5.41) is 6.10. The van der Waals surface area contributed by atoms with Crippen LogP contribution in [-0.4, -0.2) is 29.4 Å². The number of rotatable bonds is 7. The van der Waals surface area contributed by atoms with Crippen LogP contribution < -0.4 is 26.2 Å². The van der Waals surface area contributed by atoms with Crippen LogP contribution in [0.5, 0.6) is 5.75 Å². The molecular weight excluding hydrogens is 499 g/mol. The molecule has 12 heteroatoms. The number of anilines is 1. The molecule has 8 nitrogen and oxygen atoms in total. The Bertz CT molecular complexity index is 1040. The molecule has 0 aliphatic heterocycles. The summed E-state index contributed by atoms with van der Waals surface area (Å²) in [6.45, 7) is 1.51. The number of nitrogens with one attached hydrogen (secondary N) is 4. The van der Waals surface area contributed by atoms with E-state index in [0.717, 1.165) is 5.56 Å². The average Bonchev–Trinajstić information content (AvgIpc) is 2.72. The van der Waals surface area contributed by atoms with Gasteiger partial charge in [0, 0.05) is 22.9 Å². The van der Waals surface area contributed by atoms with Gasteiger partial charge in [0.05, 0.1) is 10.7 Å². The minimum absolute atomic E-state index is 0.0973. The van der Waals surface area contributed by atoms with E-state index in [-0.39, 0.29) is 29.6 Å². The minimum atomic E-state index is -0.523. The van der Waals surface area contributed by atoms with Crippen molar-refractivity contribution in [2.45, 2.75) is 19.8 Å². The largest absolute Gasteiger partial charge is 0.483 e. The third kappa shape index (κ3) is 8.88. The third-order valence-corrected chi connectivity index (χ3v) is 4.84. The van der Waals surface area contributed by atoms with Gasteiger partial charge in [0.25, 0.3) is 5.91 Å². The van der Waals surface area contributed by atoms with Gasteiger partial charge in [0.2, 0.25) is 11.8 Å². The number of hydrogen-bond donors (Lipinski definition) is 4. The molecule has 0 aliphatic rings. The first kappa shape index (κ1) is 25.7. The van der Waals surface area contributed by atoms with Crippen LogP contribution in [-0.2, 0) is 14.4 Å². The van der Waals surface area contributed by atoms with Gasteiger partial charge in [-0.25, -0.2) is 0 Å². The fraction of sp³-hybridized carbons (Fsp3) is 0.200. The van der Waals surface area contributed by atoms with Crippen molar-refractivity contribution in [3.63, 3.8) is 0 Å². The van der Waals surface area contributed by atoms with E-state index in [9.17, 15) is 14.4 Å². The van der Waals surface area contributed by atoms with Crippen LogP contribution in [0.2, 0.25) is 15.1 Å².